The summed E-state index contributed by atoms with van der Waals surface area (Å²) in [5.41, 5.74) is 10.7. The normalized spacial score (nSPS) is 14.1. The van der Waals surface area contributed by atoms with Crippen LogP contribution >= 0.6 is 0 Å². The van der Waals surface area contributed by atoms with E-state index in [-0.39, 0.29) is 24.7 Å². The van der Waals surface area contributed by atoms with Crippen molar-refractivity contribution in [2.24, 2.45) is 23.3 Å². The predicted octanol–water partition coefficient (Wildman–Crippen LogP) is -1.94. The predicted molar refractivity (Wildman–Crippen MR) is 101 cm³/mol. The zero-order chi connectivity index (χ0) is 22.0. The van der Waals surface area contributed by atoms with Gasteiger partial charge in [0, 0.05) is 6.42 Å². The van der Waals surface area contributed by atoms with E-state index in [1.165, 1.54) is 0 Å². The highest BCUT2D eigenvalue weighted by atomic mass is 16.4. The molecule has 0 spiro atoms. The number of primary amides is 1. The lowest BCUT2D eigenvalue weighted by Crippen LogP contribution is -2.58. The average molecular weight is 401 g/mol. The van der Waals surface area contributed by atoms with Crippen LogP contribution < -0.4 is 27.4 Å². The van der Waals surface area contributed by atoms with Crippen LogP contribution in [0.3, 0.4) is 0 Å². The molecule has 11 heteroatoms. The van der Waals surface area contributed by atoms with E-state index in [4.69, 9.17) is 16.6 Å². The number of amides is 4. The Morgan fingerprint density at radius 1 is 0.857 bits per heavy atom. The summed E-state index contributed by atoms with van der Waals surface area (Å²) < 4.78 is 0. The Morgan fingerprint density at radius 3 is 1.75 bits per heavy atom. The van der Waals surface area contributed by atoms with E-state index >= 15 is 0 Å². The molecule has 0 aromatic heterocycles. The minimum absolute atomic E-state index is 0.0415. The maximum absolute atomic E-state index is 12.6. The van der Waals surface area contributed by atoms with E-state index in [9.17, 15) is 24.0 Å². The molecule has 8 N–H and O–H groups in total. The molecule has 160 valence electrons. The zero-order valence-corrected chi connectivity index (χ0v) is 16.7. The van der Waals surface area contributed by atoms with Gasteiger partial charge in [-0.25, -0.2) is 0 Å². The minimum Gasteiger partial charge on any atom is -0.480 e. The third-order valence-corrected chi connectivity index (χ3v) is 3.95. The Bertz CT molecular complexity index is 593. The lowest BCUT2D eigenvalue weighted by molar-refractivity contribution is -0.139. The third-order valence-electron chi connectivity index (χ3n) is 3.95. The SMILES string of the molecule is CC(C)C(NC(=O)C(N)CCC(N)=O)C(=O)NC(C(=O)NCC(=O)O)C(C)C. The molecule has 0 aliphatic rings. The highest BCUT2D eigenvalue weighted by Gasteiger charge is 2.31. The van der Waals surface area contributed by atoms with Crippen LogP contribution in [0, 0.1) is 11.8 Å². The van der Waals surface area contributed by atoms with Crippen molar-refractivity contribution in [2.75, 3.05) is 6.54 Å². The second-order valence-corrected chi connectivity index (χ2v) is 7.18. The molecule has 0 radical (unpaired) electrons. The van der Waals surface area contributed by atoms with Gasteiger partial charge >= 0.3 is 5.97 Å². The number of aliphatic carboxylic acids is 1. The number of hydrogen-bond donors (Lipinski definition) is 6. The first kappa shape index (κ1) is 25.3. The van der Waals surface area contributed by atoms with E-state index in [1.807, 2.05) is 0 Å². The number of carboxylic acid groups (broad SMARTS) is 1. The molecule has 28 heavy (non-hydrogen) atoms. The van der Waals surface area contributed by atoms with Crippen LogP contribution in [0.5, 0.6) is 0 Å². The van der Waals surface area contributed by atoms with Crippen molar-refractivity contribution >= 4 is 29.6 Å². The highest BCUT2D eigenvalue weighted by molar-refractivity contribution is 5.94. The molecule has 0 saturated heterocycles. The lowest BCUT2D eigenvalue weighted by Gasteiger charge is -2.27. The molecule has 0 aromatic carbocycles. The fourth-order valence-corrected chi connectivity index (χ4v) is 2.27. The Hall–Kier alpha value is -2.69. The Kier molecular flexibility index (Phi) is 10.8. The first-order valence-corrected chi connectivity index (χ1v) is 9.00. The third kappa shape index (κ3) is 9.31. The molecule has 0 saturated carbocycles. The fraction of sp³-hybridized carbons (Fsp3) is 0.706. The van der Waals surface area contributed by atoms with Gasteiger partial charge in [-0.15, -0.1) is 0 Å². The standard InChI is InChI=1S/C17H31N5O6/c1-8(2)13(16(27)20-7-12(24)25)22-17(28)14(9(3)4)21-15(26)10(18)5-6-11(19)23/h8-10,13-14H,5-7,18H2,1-4H3,(H2,19,23)(H,20,27)(H,21,26)(H,22,28)(H,24,25). The molecule has 0 aromatic rings. The molecular weight excluding hydrogens is 370 g/mol. The number of carboxylic acids is 1. The van der Waals surface area contributed by atoms with Crippen molar-refractivity contribution in [1.82, 2.24) is 16.0 Å². The van der Waals surface area contributed by atoms with Gasteiger partial charge in [-0.2, -0.15) is 0 Å². The van der Waals surface area contributed by atoms with Gasteiger partial charge in [0.25, 0.3) is 0 Å². The van der Waals surface area contributed by atoms with Crippen molar-refractivity contribution in [1.29, 1.82) is 0 Å². The molecule has 0 fully saturated rings. The van der Waals surface area contributed by atoms with E-state index < -0.39 is 54.3 Å². The summed E-state index contributed by atoms with van der Waals surface area (Å²) in [7, 11) is 0. The molecule has 4 amide bonds. The summed E-state index contributed by atoms with van der Waals surface area (Å²) in [4.78, 5) is 58.4. The summed E-state index contributed by atoms with van der Waals surface area (Å²) in [5.74, 6) is -4.30. The number of rotatable bonds is 12. The van der Waals surface area contributed by atoms with Crippen LogP contribution in [0.2, 0.25) is 0 Å². The minimum atomic E-state index is -1.21. The maximum atomic E-state index is 12.6. The van der Waals surface area contributed by atoms with Crippen molar-refractivity contribution in [2.45, 2.75) is 58.7 Å². The molecule has 3 atom stereocenters. The maximum Gasteiger partial charge on any atom is 0.322 e. The van der Waals surface area contributed by atoms with Crippen molar-refractivity contribution in [3.63, 3.8) is 0 Å². The van der Waals surface area contributed by atoms with Crippen LogP contribution in [-0.4, -0.2) is 59.4 Å². The molecule has 0 heterocycles. The van der Waals surface area contributed by atoms with E-state index in [0.717, 1.165) is 0 Å². The van der Waals surface area contributed by atoms with Crippen molar-refractivity contribution < 1.29 is 29.1 Å². The van der Waals surface area contributed by atoms with Crippen LogP contribution in [0.4, 0.5) is 0 Å². The molecule has 0 aliphatic heterocycles. The summed E-state index contributed by atoms with van der Waals surface area (Å²) in [6.45, 7) is 6.21. The summed E-state index contributed by atoms with van der Waals surface area (Å²) in [5, 5.41) is 15.9. The number of carbonyl (C=O) groups excluding carboxylic acids is 4. The number of carbonyl (C=O) groups is 5. The van der Waals surface area contributed by atoms with E-state index in [2.05, 4.69) is 16.0 Å². The summed E-state index contributed by atoms with van der Waals surface area (Å²) in [6.07, 6.45) is -0.0217. The van der Waals surface area contributed by atoms with Crippen LogP contribution in [-0.2, 0) is 24.0 Å². The molecular formula is C17H31N5O6. The van der Waals surface area contributed by atoms with Crippen LogP contribution in [0.15, 0.2) is 0 Å². The van der Waals surface area contributed by atoms with E-state index in [0.29, 0.717) is 0 Å². The van der Waals surface area contributed by atoms with Gasteiger partial charge in [0.1, 0.15) is 18.6 Å². The van der Waals surface area contributed by atoms with Gasteiger partial charge in [0.05, 0.1) is 6.04 Å². The monoisotopic (exact) mass is 401 g/mol. The molecule has 11 nitrogen and oxygen atoms in total. The fourth-order valence-electron chi connectivity index (χ4n) is 2.27. The molecule has 3 unspecified atom stereocenters. The Balaban J connectivity index is 5.06. The van der Waals surface area contributed by atoms with E-state index in [1.54, 1.807) is 27.7 Å². The largest absolute Gasteiger partial charge is 0.480 e. The van der Waals surface area contributed by atoms with Gasteiger partial charge in [-0.1, -0.05) is 27.7 Å². The number of hydrogen-bond acceptors (Lipinski definition) is 6. The van der Waals surface area contributed by atoms with Gasteiger partial charge in [0.15, 0.2) is 0 Å². The number of nitrogens with two attached hydrogens (primary N) is 2. The van der Waals surface area contributed by atoms with Gasteiger partial charge in [-0.05, 0) is 18.3 Å². The van der Waals surface area contributed by atoms with Gasteiger partial charge < -0.3 is 32.5 Å². The highest BCUT2D eigenvalue weighted by Crippen LogP contribution is 2.07. The quantitative estimate of drug-likeness (QED) is 0.219. The number of nitrogens with one attached hydrogen (secondary N) is 3. The summed E-state index contributed by atoms with van der Waals surface area (Å²) >= 11 is 0. The average Bonchev–Trinajstić information content (AvgIpc) is 2.58. The molecule has 0 rings (SSSR count). The van der Waals surface area contributed by atoms with Crippen molar-refractivity contribution in [3.05, 3.63) is 0 Å². The Morgan fingerprint density at radius 2 is 1.32 bits per heavy atom. The molecule has 0 bridgehead atoms. The lowest BCUT2D eigenvalue weighted by atomic mass is 9.99. The van der Waals surface area contributed by atoms with Crippen LogP contribution in [0.1, 0.15) is 40.5 Å². The van der Waals surface area contributed by atoms with Crippen LogP contribution in [0.25, 0.3) is 0 Å². The van der Waals surface area contributed by atoms with Crippen molar-refractivity contribution in [3.8, 4) is 0 Å². The molecule has 0 aliphatic carbocycles. The zero-order valence-electron chi connectivity index (χ0n) is 16.7. The summed E-state index contributed by atoms with van der Waals surface area (Å²) in [6, 6.07) is -2.96. The van der Waals surface area contributed by atoms with Gasteiger partial charge in [0.2, 0.25) is 23.6 Å². The van der Waals surface area contributed by atoms with Gasteiger partial charge in [-0.3, -0.25) is 24.0 Å². The smallest absolute Gasteiger partial charge is 0.322 e. The first-order chi connectivity index (χ1) is 12.9. The first-order valence-electron chi connectivity index (χ1n) is 9.00. The Labute approximate surface area is 164 Å². The second-order valence-electron chi connectivity index (χ2n) is 7.18. The second kappa shape index (κ2) is 11.9. The topological polar surface area (TPSA) is 194 Å².